The number of rotatable bonds is 5. The fourth-order valence-corrected chi connectivity index (χ4v) is 7.59. The molecular formula is C29H50N6O7S. The summed E-state index contributed by atoms with van der Waals surface area (Å²) in [6.07, 6.45) is 15.9. The van der Waals surface area contributed by atoms with Crippen LogP contribution >= 0.6 is 12.3 Å². The monoisotopic (exact) mass is 626 g/mol. The standard InChI is InChI=1S/C14H23N3O4S.C9H15NO.C6H12N2O2/c1-16-11(4-2-7-17(13(16)19)21-22-20)12(18)15-10-8-14(9-10)5-3-6-14;1-7(11)10-8-5-9(6-8)3-2-4-9;1-7-4-2-3-5-8(10)6(7)9/h10-11,20H,2-9H2,1H3,(H,15,18);8H,2-6H2,1H3,(H,10,11);10H,2-5H2,1H3/t11-;;/m0../s1. The summed E-state index contributed by atoms with van der Waals surface area (Å²) in [4.78, 5) is 49.2. The maximum absolute atomic E-state index is 12.5. The quantitative estimate of drug-likeness (QED) is 0.264. The molecule has 6 rings (SSSR count). The molecule has 2 aliphatic heterocycles. The maximum Gasteiger partial charge on any atom is 0.345 e. The smallest absolute Gasteiger partial charge is 0.345 e. The van der Waals surface area contributed by atoms with Gasteiger partial charge in [0.25, 0.3) is 0 Å². The summed E-state index contributed by atoms with van der Waals surface area (Å²) in [5.41, 5.74) is 1.21. The van der Waals surface area contributed by atoms with Crippen LogP contribution in [0.5, 0.6) is 0 Å². The Kier molecular flexibility index (Phi) is 11.5. The molecule has 14 heteroatoms. The highest BCUT2D eigenvalue weighted by Crippen LogP contribution is 2.56. The number of amides is 6. The predicted molar refractivity (Wildman–Crippen MR) is 161 cm³/mol. The van der Waals surface area contributed by atoms with E-state index < -0.39 is 12.1 Å². The lowest BCUT2D eigenvalue weighted by Crippen LogP contribution is -2.57. The number of hydrogen-bond donors (Lipinski definition) is 4. The molecule has 4 N–H and O–H groups in total. The van der Waals surface area contributed by atoms with Crippen LogP contribution in [0.2, 0.25) is 0 Å². The van der Waals surface area contributed by atoms with Gasteiger partial charge in [-0.2, -0.15) is 9.35 Å². The molecule has 2 heterocycles. The average molecular weight is 627 g/mol. The summed E-state index contributed by atoms with van der Waals surface area (Å²) in [6, 6.07) is -0.392. The van der Waals surface area contributed by atoms with Crippen molar-refractivity contribution in [2.24, 2.45) is 10.8 Å². The first-order chi connectivity index (χ1) is 20.5. The number of urea groups is 2. The molecule has 6 aliphatic rings. The molecule has 244 valence electrons. The summed E-state index contributed by atoms with van der Waals surface area (Å²) in [7, 11) is 3.29. The Hall–Kier alpha value is -2.29. The van der Waals surface area contributed by atoms with Crippen molar-refractivity contribution in [1.29, 1.82) is 0 Å². The second kappa shape index (κ2) is 14.7. The van der Waals surface area contributed by atoms with Gasteiger partial charge in [-0.25, -0.2) is 14.7 Å². The van der Waals surface area contributed by atoms with Crippen LogP contribution in [0.25, 0.3) is 0 Å². The number of nitrogens with one attached hydrogen (secondary N) is 2. The van der Waals surface area contributed by atoms with E-state index in [1.54, 1.807) is 21.0 Å². The van der Waals surface area contributed by atoms with Crippen LogP contribution < -0.4 is 10.6 Å². The van der Waals surface area contributed by atoms with Crippen molar-refractivity contribution in [2.45, 2.75) is 115 Å². The number of carbonyl (C=O) groups excluding carboxylic acids is 4. The van der Waals surface area contributed by atoms with Crippen molar-refractivity contribution < 1.29 is 33.2 Å². The Morgan fingerprint density at radius 1 is 0.837 bits per heavy atom. The molecule has 0 aromatic heterocycles. The minimum Gasteiger partial charge on any atom is -0.354 e. The van der Waals surface area contributed by atoms with Gasteiger partial charge in [0.2, 0.25) is 11.8 Å². The van der Waals surface area contributed by atoms with E-state index in [-0.39, 0.29) is 36.2 Å². The average Bonchev–Trinajstić information content (AvgIpc) is 3.11. The van der Waals surface area contributed by atoms with Crippen LogP contribution in [0.15, 0.2) is 0 Å². The first-order valence-corrected chi connectivity index (χ1v) is 16.5. The van der Waals surface area contributed by atoms with Crippen LogP contribution in [-0.4, -0.2) is 105 Å². The molecule has 13 nitrogen and oxygen atoms in total. The van der Waals surface area contributed by atoms with Gasteiger partial charge < -0.3 is 25.0 Å². The van der Waals surface area contributed by atoms with Crippen molar-refractivity contribution in [3.05, 3.63) is 0 Å². The Labute approximate surface area is 259 Å². The fraction of sp³-hybridized carbons (Fsp3) is 0.862. The molecule has 0 aromatic rings. The van der Waals surface area contributed by atoms with E-state index in [9.17, 15) is 19.2 Å². The van der Waals surface area contributed by atoms with Gasteiger partial charge in [0, 0.05) is 39.6 Å². The van der Waals surface area contributed by atoms with Crippen molar-refractivity contribution in [1.82, 2.24) is 30.6 Å². The number of nitrogens with zero attached hydrogens (tertiary/aromatic N) is 4. The summed E-state index contributed by atoms with van der Waals surface area (Å²) in [6.45, 7) is 3.18. The SMILES string of the molecule is CC(=O)NC1CC2(CCC2)C1.CN1C(=O)N(OSO)CCC[C@H]1C(=O)NC1CC2(CCC2)C1.CN1CCCCN(O)C1=O. The topological polar surface area (TPSA) is 155 Å². The molecule has 2 saturated heterocycles. The fourth-order valence-electron chi connectivity index (χ4n) is 7.37. The van der Waals surface area contributed by atoms with Gasteiger partial charge in [-0.3, -0.25) is 14.8 Å². The van der Waals surface area contributed by atoms with Crippen LogP contribution in [0, 0.1) is 10.8 Å². The highest BCUT2D eigenvalue weighted by Gasteiger charge is 2.49. The summed E-state index contributed by atoms with van der Waals surface area (Å²) < 4.78 is 13.5. The third-order valence-corrected chi connectivity index (χ3v) is 10.5. The second-order valence-corrected chi connectivity index (χ2v) is 13.8. The van der Waals surface area contributed by atoms with Crippen LogP contribution in [-0.2, 0) is 13.9 Å². The molecule has 2 spiro atoms. The Morgan fingerprint density at radius 3 is 1.91 bits per heavy atom. The van der Waals surface area contributed by atoms with Crippen molar-refractivity contribution in [3.8, 4) is 0 Å². The largest absolute Gasteiger partial charge is 0.354 e. The third kappa shape index (κ3) is 8.46. The number of hydrogen-bond acceptors (Lipinski definition) is 8. The molecule has 0 aromatic carbocycles. The lowest BCUT2D eigenvalue weighted by molar-refractivity contribution is -0.129. The normalized spacial score (nSPS) is 27.6. The summed E-state index contributed by atoms with van der Waals surface area (Å²) in [5, 5.41) is 16.9. The van der Waals surface area contributed by atoms with Crippen LogP contribution in [0.4, 0.5) is 9.59 Å². The van der Waals surface area contributed by atoms with Crippen molar-refractivity contribution in [2.75, 3.05) is 33.7 Å². The maximum atomic E-state index is 12.5. The van der Waals surface area contributed by atoms with E-state index in [0.29, 0.717) is 42.8 Å². The molecule has 0 radical (unpaired) electrons. The van der Waals surface area contributed by atoms with Crippen molar-refractivity contribution in [3.63, 3.8) is 0 Å². The van der Waals surface area contributed by atoms with Crippen LogP contribution in [0.1, 0.15) is 96.8 Å². The van der Waals surface area contributed by atoms with E-state index in [1.807, 2.05) is 0 Å². The van der Waals surface area contributed by atoms with Crippen LogP contribution in [0.3, 0.4) is 0 Å². The highest BCUT2D eigenvalue weighted by atomic mass is 32.2. The zero-order chi connectivity index (χ0) is 31.2. The van der Waals surface area contributed by atoms with Gasteiger partial charge in [0.15, 0.2) is 12.3 Å². The van der Waals surface area contributed by atoms with Crippen molar-refractivity contribution >= 4 is 36.2 Å². The highest BCUT2D eigenvalue weighted by molar-refractivity contribution is 7.88. The first-order valence-electron chi connectivity index (χ1n) is 15.8. The lowest BCUT2D eigenvalue weighted by atomic mass is 9.54. The van der Waals surface area contributed by atoms with E-state index in [4.69, 9.17) is 14.0 Å². The predicted octanol–water partition coefficient (Wildman–Crippen LogP) is 3.98. The summed E-state index contributed by atoms with van der Waals surface area (Å²) in [5.74, 6) is 0.0534. The van der Waals surface area contributed by atoms with E-state index >= 15 is 0 Å². The van der Waals surface area contributed by atoms with E-state index in [0.717, 1.165) is 42.4 Å². The number of carbonyl (C=O) groups is 4. The Bertz CT molecular complexity index is 980. The Balaban J connectivity index is 0.000000168. The molecule has 6 fully saturated rings. The summed E-state index contributed by atoms with van der Waals surface area (Å²) >= 11 is 0.143. The first kappa shape index (κ1) is 33.6. The van der Waals surface area contributed by atoms with Gasteiger partial charge >= 0.3 is 12.1 Å². The van der Waals surface area contributed by atoms with Gasteiger partial charge in [-0.15, -0.1) is 0 Å². The van der Waals surface area contributed by atoms with Gasteiger partial charge in [0.05, 0.1) is 13.1 Å². The minimum atomic E-state index is -0.470. The second-order valence-electron chi connectivity index (χ2n) is 13.5. The molecule has 43 heavy (non-hydrogen) atoms. The van der Waals surface area contributed by atoms with Gasteiger partial charge in [-0.1, -0.05) is 12.8 Å². The van der Waals surface area contributed by atoms with E-state index in [2.05, 4.69) is 10.6 Å². The molecule has 0 unspecified atom stereocenters. The van der Waals surface area contributed by atoms with E-state index in [1.165, 1.54) is 61.2 Å². The third-order valence-electron chi connectivity index (χ3n) is 10.2. The minimum absolute atomic E-state index is 0.0754. The number of hydroxylamine groups is 4. The molecule has 4 saturated carbocycles. The molecular weight excluding hydrogens is 576 g/mol. The zero-order valence-electron chi connectivity index (χ0n) is 25.9. The number of likely N-dealkylation sites (N-methyl/N-ethyl adjacent to an activating group) is 1. The Morgan fingerprint density at radius 2 is 1.40 bits per heavy atom. The zero-order valence-corrected chi connectivity index (χ0v) is 26.7. The lowest BCUT2D eigenvalue weighted by Gasteiger charge is -2.54. The molecule has 6 amide bonds. The van der Waals surface area contributed by atoms with Gasteiger partial charge in [-0.05, 0) is 87.9 Å². The van der Waals surface area contributed by atoms with Gasteiger partial charge in [0.1, 0.15) is 6.04 Å². The molecule has 0 bridgehead atoms. The molecule has 1 atom stereocenters. The molecule has 4 aliphatic carbocycles.